The van der Waals surface area contributed by atoms with E-state index in [1.165, 1.54) is 24.2 Å². The molecule has 1 saturated heterocycles. The minimum absolute atomic E-state index is 0. The van der Waals surface area contributed by atoms with Crippen molar-refractivity contribution in [2.24, 2.45) is 11.8 Å². The molecule has 0 bridgehead atoms. The Bertz CT molecular complexity index is 583. The number of rotatable bonds is 8. The van der Waals surface area contributed by atoms with E-state index >= 15 is 0 Å². The molecule has 150 valence electrons. The number of likely N-dealkylation sites (tertiary alicyclic amines) is 1. The van der Waals surface area contributed by atoms with Crippen LogP contribution in [0.4, 0.5) is 5.13 Å². The van der Waals surface area contributed by atoms with E-state index < -0.39 is 0 Å². The average molecular weight is 425 g/mol. The third-order valence-electron chi connectivity index (χ3n) is 4.95. The first-order valence-corrected chi connectivity index (χ1v) is 9.79. The molecule has 9 heteroatoms. The van der Waals surface area contributed by atoms with Crippen LogP contribution in [-0.2, 0) is 0 Å². The van der Waals surface area contributed by atoms with Gasteiger partial charge in [-0.15, -0.1) is 24.8 Å². The number of carbonyl (C=O) groups is 1. The average Bonchev–Trinajstić information content (AvgIpc) is 3.22. The molecule has 1 aliphatic carbocycles. The molecule has 0 aromatic carbocycles. The number of aliphatic hydroxyl groups excluding tert-OH is 1. The summed E-state index contributed by atoms with van der Waals surface area (Å²) >= 11 is 1.43. The molecule has 3 rings (SSSR count). The van der Waals surface area contributed by atoms with Crippen molar-refractivity contribution in [3.63, 3.8) is 0 Å². The highest BCUT2D eigenvalue weighted by atomic mass is 35.5. The van der Waals surface area contributed by atoms with Gasteiger partial charge in [-0.2, -0.15) is 0 Å². The van der Waals surface area contributed by atoms with Gasteiger partial charge in [0, 0.05) is 38.8 Å². The first-order valence-electron chi connectivity index (χ1n) is 8.97. The van der Waals surface area contributed by atoms with Gasteiger partial charge in [0.1, 0.15) is 4.88 Å². The zero-order chi connectivity index (χ0) is 17.1. The Morgan fingerprint density at radius 2 is 2.08 bits per heavy atom. The molecule has 0 spiro atoms. The lowest BCUT2D eigenvalue weighted by Crippen LogP contribution is -2.41. The highest BCUT2D eigenvalue weighted by Gasteiger charge is 2.43. The van der Waals surface area contributed by atoms with E-state index in [9.17, 15) is 4.79 Å². The second-order valence-corrected chi connectivity index (χ2v) is 7.88. The third-order valence-corrected chi connectivity index (χ3v) is 6.06. The number of halogens is 2. The lowest BCUT2D eigenvalue weighted by atomic mass is 9.98. The molecule has 2 aliphatic rings. The van der Waals surface area contributed by atoms with E-state index in [-0.39, 0.29) is 43.4 Å². The molecular formula is C17H30Cl2N4O2S. The van der Waals surface area contributed by atoms with Gasteiger partial charge in [0.05, 0.1) is 5.69 Å². The highest BCUT2D eigenvalue weighted by Crippen LogP contribution is 2.41. The summed E-state index contributed by atoms with van der Waals surface area (Å²) in [7, 11) is 0. The lowest BCUT2D eigenvalue weighted by molar-refractivity contribution is 0.0931. The summed E-state index contributed by atoms with van der Waals surface area (Å²) in [5.74, 6) is 1.32. The van der Waals surface area contributed by atoms with Crippen molar-refractivity contribution in [2.75, 3.05) is 38.1 Å². The largest absolute Gasteiger partial charge is 0.396 e. The molecule has 0 unspecified atom stereocenters. The monoisotopic (exact) mass is 424 g/mol. The molecule has 26 heavy (non-hydrogen) atoms. The van der Waals surface area contributed by atoms with E-state index in [0.717, 1.165) is 49.3 Å². The Morgan fingerprint density at radius 1 is 1.35 bits per heavy atom. The summed E-state index contributed by atoms with van der Waals surface area (Å²) in [6.45, 7) is 7.80. The predicted octanol–water partition coefficient (Wildman–Crippen LogP) is 2.55. The number of anilines is 1. The molecule has 2 heterocycles. The number of hydrogen-bond acceptors (Lipinski definition) is 6. The third kappa shape index (κ3) is 5.70. The van der Waals surface area contributed by atoms with Crippen molar-refractivity contribution in [3.8, 4) is 0 Å². The Kier molecular flexibility index (Phi) is 9.61. The predicted molar refractivity (Wildman–Crippen MR) is 111 cm³/mol. The van der Waals surface area contributed by atoms with Crippen molar-refractivity contribution in [1.29, 1.82) is 0 Å². The van der Waals surface area contributed by atoms with Crippen LogP contribution in [-0.4, -0.2) is 59.7 Å². The maximum atomic E-state index is 12.7. The Morgan fingerprint density at radius 3 is 2.69 bits per heavy atom. The molecule has 2 atom stereocenters. The normalized spacial score (nSPS) is 22.4. The topological polar surface area (TPSA) is 77.5 Å². The Balaban J connectivity index is 0.00000169. The van der Waals surface area contributed by atoms with Gasteiger partial charge in [-0.1, -0.05) is 11.3 Å². The first kappa shape index (κ1) is 23.4. The van der Waals surface area contributed by atoms with Crippen molar-refractivity contribution in [3.05, 3.63) is 10.6 Å². The van der Waals surface area contributed by atoms with Crippen LogP contribution in [0.25, 0.3) is 0 Å². The maximum absolute atomic E-state index is 12.7. The zero-order valence-corrected chi connectivity index (χ0v) is 17.8. The quantitative estimate of drug-likeness (QED) is 0.597. The summed E-state index contributed by atoms with van der Waals surface area (Å²) in [4.78, 5) is 20.2. The second kappa shape index (κ2) is 10.7. The molecule has 6 nitrogen and oxygen atoms in total. The van der Waals surface area contributed by atoms with Crippen molar-refractivity contribution in [2.45, 2.75) is 39.2 Å². The van der Waals surface area contributed by atoms with Gasteiger partial charge >= 0.3 is 0 Å². The molecular weight excluding hydrogens is 395 g/mol. The summed E-state index contributed by atoms with van der Waals surface area (Å²) in [5, 5.41) is 16.3. The Labute approximate surface area is 172 Å². The van der Waals surface area contributed by atoms with Gasteiger partial charge in [-0.05, 0) is 44.9 Å². The number of aromatic nitrogens is 1. The number of hydrogen-bond donors (Lipinski definition) is 3. The summed E-state index contributed by atoms with van der Waals surface area (Å²) in [6.07, 6.45) is 3.38. The highest BCUT2D eigenvalue weighted by molar-refractivity contribution is 7.17. The van der Waals surface area contributed by atoms with Crippen LogP contribution in [0.15, 0.2) is 0 Å². The fraction of sp³-hybridized carbons (Fsp3) is 0.765. The summed E-state index contributed by atoms with van der Waals surface area (Å²) in [5.41, 5.74) is 0.798. The summed E-state index contributed by atoms with van der Waals surface area (Å²) in [6, 6.07) is 0.216. The van der Waals surface area contributed by atoms with E-state index in [1.807, 2.05) is 13.8 Å². The van der Waals surface area contributed by atoms with Crippen LogP contribution in [0.3, 0.4) is 0 Å². The molecule has 1 saturated carbocycles. The van der Waals surface area contributed by atoms with Gasteiger partial charge in [0.15, 0.2) is 5.13 Å². The molecule has 0 radical (unpaired) electrons. The number of aliphatic hydroxyl groups is 1. The number of thiazole rings is 1. The summed E-state index contributed by atoms with van der Waals surface area (Å²) < 4.78 is 0. The van der Waals surface area contributed by atoms with Gasteiger partial charge in [0.25, 0.3) is 5.91 Å². The van der Waals surface area contributed by atoms with Gasteiger partial charge in [-0.3, -0.25) is 4.79 Å². The molecule has 1 amide bonds. The zero-order valence-electron chi connectivity index (χ0n) is 15.4. The molecule has 3 N–H and O–H groups in total. The minimum Gasteiger partial charge on any atom is -0.396 e. The molecule has 1 aliphatic heterocycles. The number of amides is 1. The first-order chi connectivity index (χ1) is 11.6. The van der Waals surface area contributed by atoms with E-state index in [4.69, 9.17) is 5.11 Å². The van der Waals surface area contributed by atoms with Gasteiger partial charge in [-0.25, -0.2) is 4.98 Å². The van der Waals surface area contributed by atoms with Crippen LogP contribution in [0.2, 0.25) is 0 Å². The van der Waals surface area contributed by atoms with Crippen molar-refractivity contribution < 1.29 is 9.90 Å². The van der Waals surface area contributed by atoms with Crippen molar-refractivity contribution in [1.82, 2.24) is 15.2 Å². The fourth-order valence-electron chi connectivity index (χ4n) is 3.61. The standard InChI is InChI=1S/C17H28N4O2S.2ClH/c1-3-18-17-19-11(2)15(24-17)16(23)20-14-10-21(7-4-8-22)9-13(14)12-5-6-12;;/h12-14,22H,3-10H2,1-2H3,(H,18,19)(H,20,23);2*1H/t13-,14+;;/m1../s1. The fourth-order valence-corrected chi connectivity index (χ4v) is 4.55. The van der Waals surface area contributed by atoms with Gasteiger partial charge < -0.3 is 20.6 Å². The SMILES string of the molecule is CCNc1nc(C)c(C(=O)N[C@H]2CN(CCCO)C[C@@H]2C2CC2)s1.Cl.Cl. The number of aryl methyl sites for hydroxylation is 1. The van der Waals surface area contributed by atoms with Crippen LogP contribution in [0.1, 0.15) is 41.6 Å². The molecule has 2 fully saturated rings. The van der Waals surface area contributed by atoms with E-state index in [0.29, 0.717) is 10.8 Å². The van der Waals surface area contributed by atoms with E-state index in [2.05, 4.69) is 20.5 Å². The van der Waals surface area contributed by atoms with Crippen LogP contribution >= 0.6 is 36.2 Å². The lowest BCUT2D eigenvalue weighted by Gasteiger charge is -2.19. The minimum atomic E-state index is 0. The van der Waals surface area contributed by atoms with Crippen LogP contribution in [0.5, 0.6) is 0 Å². The Hall–Kier alpha value is -0.600. The number of nitrogens with zero attached hydrogens (tertiary/aromatic N) is 2. The molecule has 1 aromatic heterocycles. The molecule has 1 aromatic rings. The smallest absolute Gasteiger partial charge is 0.263 e. The second-order valence-electron chi connectivity index (χ2n) is 6.88. The van der Waals surface area contributed by atoms with Crippen LogP contribution < -0.4 is 10.6 Å². The van der Waals surface area contributed by atoms with E-state index in [1.54, 1.807) is 0 Å². The maximum Gasteiger partial charge on any atom is 0.263 e. The van der Waals surface area contributed by atoms with Crippen LogP contribution in [0, 0.1) is 18.8 Å². The number of nitrogens with one attached hydrogen (secondary N) is 2. The van der Waals surface area contributed by atoms with Gasteiger partial charge in [0.2, 0.25) is 0 Å². The van der Waals surface area contributed by atoms with Crippen molar-refractivity contribution >= 4 is 47.2 Å². The number of carbonyl (C=O) groups excluding carboxylic acids is 1.